The van der Waals surface area contributed by atoms with Crippen molar-refractivity contribution in [3.63, 3.8) is 0 Å². The molecule has 1 saturated heterocycles. The number of likely N-dealkylation sites (tertiary alicyclic amines) is 1. The summed E-state index contributed by atoms with van der Waals surface area (Å²) in [6, 6.07) is 4.27. The molecule has 2 aliphatic heterocycles. The van der Waals surface area contributed by atoms with Crippen molar-refractivity contribution >= 4 is 23.2 Å². The van der Waals surface area contributed by atoms with E-state index < -0.39 is 0 Å². The van der Waals surface area contributed by atoms with Gasteiger partial charge in [0.05, 0.1) is 10.9 Å². The van der Waals surface area contributed by atoms with Gasteiger partial charge in [-0.15, -0.1) is 21.5 Å². The normalized spacial score (nSPS) is 21.9. The number of rotatable bonds is 4. The van der Waals surface area contributed by atoms with Crippen LogP contribution in [-0.2, 0) is 13.0 Å². The van der Waals surface area contributed by atoms with Gasteiger partial charge in [-0.3, -0.25) is 9.59 Å². The van der Waals surface area contributed by atoms with Crippen molar-refractivity contribution in [1.82, 2.24) is 25.0 Å². The van der Waals surface area contributed by atoms with Gasteiger partial charge >= 0.3 is 0 Å². The summed E-state index contributed by atoms with van der Waals surface area (Å²) >= 11 is 1.51. The molecule has 1 saturated carbocycles. The van der Waals surface area contributed by atoms with E-state index in [1.807, 2.05) is 21.6 Å². The molecule has 1 N–H and O–H groups in total. The number of carbonyl (C=O) groups excluding carboxylic acids is 2. The Morgan fingerprint density at radius 2 is 1.96 bits per heavy atom. The molecule has 3 aliphatic rings. The molecular formula is C19H23N5O2S. The summed E-state index contributed by atoms with van der Waals surface area (Å²) in [4.78, 5) is 29.2. The van der Waals surface area contributed by atoms with Crippen molar-refractivity contribution < 1.29 is 9.59 Å². The Morgan fingerprint density at radius 3 is 2.81 bits per heavy atom. The van der Waals surface area contributed by atoms with Gasteiger partial charge in [0.1, 0.15) is 5.82 Å². The molecule has 0 aromatic carbocycles. The number of aromatic nitrogens is 3. The maximum Gasteiger partial charge on any atom is 0.292 e. The molecular weight excluding hydrogens is 362 g/mol. The zero-order chi connectivity index (χ0) is 18.4. The summed E-state index contributed by atoms with van der Waals surface area (Å²) in [7, 11) is 0. The first-order chi connectivity index (χ1) is 13.2. The van der Waals surface area contributed by atoms with Gasteiger partial charge in [-0.05, 0) is 50.7 Å². The van der Waals surface area contributed by atoms with Crippen LogP contribution in [0.5, 0.6) is 0 Å². The Labute approximate surface area is 161 Å². The number of amides is 2. The number of hydrogen-bond donors (Lipinski definition) is 1. The Bertz CT molecular complexity index is 885. The van der Waals surface area contributed by atoms with E-state index in [0.717, 1.165) is 73.6 Å². The highest BCUT2D eigenvalue weighted by Gasteiger charge is 2.35. The summed E-state index contributed by atoms with van der Waals surface area (Å²) in [6.45, 7) is 1.56. The molecule has 4 heterocycles. The third-order valence-corrected chi connectivity index (χ3v) is 6.84. The number of hydrogen-bond acceptors (Lipinski definition) is 5. The first kappa shape index (κ1) is 16.9. The van der Waals surface area contributed by atoms with Crippen molar-refractivity contribution in [3.8, 4) is 0 Å². The maximum absolute atomic E-state index is 13.2. The fourth-order valence-corrected chi connectivity index (χ4v) is 5.10. The van der Waals surface area contributed by atoms with Crippen LogP contribution in [-0.4, -0.2) is 44.1 Å². The van der Waals surface area contributed by atoms with Crippen molar-refractivity contribution in [2.75, 3.05) is 6.54 Å². The lowest BCUT2D eigenvalue weighted by Gasteiger charge is -2.24. The van der Waals surface area contributed by atoms with Crippen molar-refractivity contribution in [2.24, 2.45) is 0 Å². The lowest BCUT2D eigenvalue weighted by atomic mass is 10.1. The van der Waals surface area contributed by atoms with Crippen molar-refractivity contribution in [1.29, 1.82) is 0 Å². The molecule has 27 heavy (non-hydrogen) atoms. The van der Waals surface area contributed by atoms with Gasteiger partial charge in [-0.25, -0.2) is 0 Å². The Kier molecular flexibility index (Phi) is 4.22. The summed E-state index contributed by atoms with van der Waals surface area (Å²) < 4.78 is 1.99. The standard InChI is InChI=1S/C19H23N5O2S/c25-18(20-12-6-7-12)15-9-8-14(27-15)13-4-3-11-23(13)19(26)17-22-21-16-5-1-2-10-24(16)17/h8-9,12-13H,1-7,10-11H2,(H,20,25). The molecule has 2 aromatic heterocycles. The summed E-state index contributed by atoms with van der Waals surface area (Å²) in [5.41, 5.74) is 0. The van der Waals surface area contributed by atoms with Crippen LogP contribution in [0.4, 0.5) is 0 Å². The molecule has 8 heteroatoms. The van der Waals surface area contributed by atoms with Gasteiger partial charge in [0, 0.05) is 30.4 Å². The molecule has 5 rings (SSSR count). The van der Waals surface area contributed by atoms with Crippen LogP contribution in [0.25, 0.3) is 0 Å². The average molecular weight is 385 g/mol. The summed E-state index contributed by atoms with van der Waals surface area (Å²) in [6.07, 6.45) is 7.14. The number of nitrogens with one attached hydrogen (secondary N) is 1. The van der Waals surface area contributed by atoms with E-state index in [1.165, 1.54) is 11.3 Å². The molecule has 2 aromatic rings. The summed E-state index contributed by atoms with van der Waals surface area (Å²) in [5.74, 6) is 1.38. The number of nitrogens with zero attached hydrogens (tertiary/aromatic N) is 4. The zero-order valence-electron chi connectivity index (χ0n) is 15.2. The quantitative estimate of drug-likeness (QED) is 0.877. The van der Waals surface area contributed by atoms with Crippen LogP contribution in [0, 0.1) is 0 Å². The van der Waals surface area contributed by atoms with Gasteiger partial charge in [-0.2, -0.15) is 0 Å². The predicted octanol–water partition coefficient (Wildman–Crippen LogP) is 2.55. The molecule has 7 nitrogen and oxygen atoms in total. The van der Waals surface area contributed by atoms with Crippen LogP contribution in [0.3, 0.4) is 0 Å². The smallest absolute Gasteiger partial charge is 0.292 e. The zero-order valence-corrected chi connectivity index (χ0v) is 16.0. The van der Waals surface area contributed by atoms with E-state index in [9.17, 15) is 9.59 Å². The number of fused-ring (bicyclic) bond motifs is 1. The third kappa shape index (κ3) is 3.16. The maximum atomic E-state index is 13.2. The number of carbonyl (C=O) groups is 2. The van der Waals surface area contributed by atoms with E-state index in [-0.39, 0.29) is 17.9 Å². The molecule has 0 radical (unpaired) electrons. The predicted molar refractivity (Wildman–Crippen MR) is 101 cm³/mol. The molecule has 142 valence electrons. The number of aryl methyl sites for hydroxylation is 1. The molecule has 0 bridgehead atoms. The van der Waals surface area contributed by atoms with Gasteiger partial charge in [0.2, 0.25) is 5.82 Å². The second-order valence-corrected chi connectivity index (χ2v) is 8.77. The Hall–Kier alpha value is -2.22. The molecule has 0 spiro atoms. The second-order valence-electron chi connectivity index (χ2n) is 7.65. The lowest BCUT2D eigenvalue weighted by Crippen LogP contribution is -2.33. The van der Waals surface area contributed by atoms with E-state index in [0.29, 0.717) is 11.9 Å². The highest BCUT2D eigenvalue weighted by atomic mass is 32.1. The second kappa shape index (κ2) is 6.74. The van der Waals surface area contributed by atoms with E-state index in [1.54, 1.807) is 0 Å². The lowest BCUT2D eigenvalue weighted by molar-refractivity contribution is 0.0718. The molecule has 2 amide bonds. The van der Waals surface area contributed by atoms with Crippen molar-refractivity contribution in [2.45, 2.75) is 63.6 Å². The first-order valence-corrected chi connectivity index (χ1v) is 10.7. The van der Waals surface area contributed by atoms with Gasteiger partial charge < -0.3 is 14.8 Å². The van der Waals surface area contributed by atoms with E-state index in [2.05, 4.69) is 15.5 Å². The molecule has 2 fully saturated rings. The minimum Gasteiger partial charge on any atom is -0.349 e. The minimum atomic E-state index is -0.0319. The van der Waals surface area contributed by atoms with Crippen molar-refractivity contribution in [3.05, 3.63) is 33.5 Å². The number of thiophene rings is 1. The van der Waals surface area contributed by atoms with Crippen LogP contribution in [0.15, 0.2) is 12.1 Å². The fraction of sp³-hybridized carbons (Fsp3) is 0.579. The molecule has 1 unspecified atom stereocenters. The Balaban J connectivity index is 1.36. The monoisotopic (exact) mass is 385 g/mol. The highest BCUT2D eigenvalue weighted by molar-refractivity contribution is 7.14. The topological polar surface area (TPSA) is 80.1 Å². The van der Waals surface area contributed by atoms with E-state index >= 15 is 0 Å². The average Bonchev–Trinajstić information content (AvgIpc) is 3.12. The highest BCUT2D eigenvalue weighted by Crippen LogP contribution is 2.37. The van der Waals surface area contributed by atoms with Crippen LogP contribution in [0.1, 0.15) is 75.6 Å². The first-order valence-electron chi connectivity index (χ1n) is 9.84. The third-order valence-electron chi connectivity index (χ3n) is 5.66. The fourth-order valence-electron chi connectivity index (χ4n) is 4.04. The van der Waals surface area contributed by atoms with Crippen LogP contribution < -0.4 is 5.32 Å². The minimum absolute atomic E-state index is 0.0103. The summed E-state index contributed by atoms with van der Waals surface area (Å²) in [5, 5.41) is 11.5. The van der Waals surface area contributed by atoms with Crippen LogP contribution in [0.2, 0.25) is 0 Å². The van der Waals surface area contributed by atoms with Gasteiger partial charge in [0.15, 0.2) is 0 Å². The molecule has 1 atom stereocenters. The van der Waals surface area contributed by atoms with Crippen LogP contribution >= 0.6 is 11.3 Å². The van der Waals surface area contributed by atoms with Gasteiger partial charge in [0.25, 0.3) is 11.8 Å². The largest absolute Gasteiger partial charge is 0.349 e. The Morgan fingerprint density at radius 1 is 1.07 bits per heavy atom. The van der Waals surface area contributed by atoms with Gasteiger partial charge in [-0.1, -0.05) is 0 Å². The van der Waals surface area contributed by atoms with E-state index in [4.69, 9.17) is 0 Å². The SMILES string of the molecule is O=C(NC1CC1)c1ccc(C2CCCN2C(=O)c2nnc3n2CCCC3)s1. The molecule has 1 aliphatic carbocycles.